The molecule has 33 heavy (non-hydrogen) atoms. The number of carbonyl (C=O) groups is 2. The third-order valence-electron chi connectivity index (χ3n) is 5.94. The number of ether oxygens (including phenoxy) is 1. The number of aliphatic hydroxyl groups excluding tert-OH is 1. The van der Waals surface area contributed by atoms with Gasteiger partial charge in [0, 0.05) is 23.6 Å². The highest BCUT2D eigenvalue weighted by molar-refractivity contribution is 6.51. The fraction of sp³-hybridized carbons (Fsp3) is 0.222. The summed E-state index contributed by atoms with van der Waals surface area (Å²) in [6.07, 6.45) is 3.24. The average Bonchev–Trinajstić information content (AvgIpc) is 3.09. The number of benzene rings is 2. The van der Waals surface area contributed by atoms with Crippen LogP contribution in [-0.2, 0) is 9.59 Å². The molecule has 1 fully saturated rings. The predicted molar refractivity (Wildman–Crippen MR) is 127 cm³/mol. The van der Waals surface area contributed by atoms with Gasteiger partial charge in [-0.05, 0) is 59.9 Å². The second-order valence-corrected chi connectivity index (χ2v) is 8.35. The lowest BCUT2D eigenvalue weighted by atomic mass is 9.93. The van der Waals surface area contributed by atoms with E-state index in [1.165, 1.54) is 4.90 Å². The van der Waals surface area contributed by atoms with Gasteiger partial charge in [0.2, 0.25) is 0 Å². The van der Waals surface area contributed by atoms with Crippen LogP contribution in [0.1, 0.15) is 48.1 Å². The second-order valence-electron chi connectivity index (χ2n) is 8.35. The highest BCUT2D eigenvalue weighted by Crippen LogP contribution is 2.43. The zero-order chi connectivity index (χ0) is 23.7. The van der Waals surface area contributed by atoms with Crippen molar-refractivity contribution in [1.29, 1.82) is 0 Å². The highest BCUT2D eigenvalue weighted by Gasteiger charge is 2.47. The topological polar surface area (TPSA) is 79.7 Å². The van der Waals surface area contributed by atoms with Crippen LogP contribution < -0.4 is 9.64 Å². The van der Waals surface area contributed by atoms with E-state index >= 15 is 0 Å². The number of ketones is 1. The van der Waals surface area contributed by atoms with E-state index in [2.05, 4.69) is 4.98 Å². The van der Waals surface area contributed by atoms with Gasteiger partial charge in [0.15, 0.2) is 0 Å². The fourth-order valence-corrected chi connectivity index (χ4v) is 4.26. The Hall–Kier alpha value is -3.93. The number of para-hydroxylation sites is 1. The monoisotopic (exact) mass is 442 g/mol. The van der Waals surface area contributed by atoms with E-state index < -0.39 is 17.7 Å². The first-order valence-corrected chi connectivity index (χ1v) is 10.8. The Balaban J connectivity index is 1.95. The Kier molecular flexibility index (Phi) is 6.01. The maximum Gasteiger partial charge on any atom is 0.300 e. The molecule has 3 aromatic rings. The number of anilines is 1. The molecule has 0 radical (unpaired) electrons. The lowest BCUT2D eigenvalue weighted by molar-refractivity contribution is -0.132. The first kappa shape index (κ1) is 22.3. The largest absolute Gasteiger partial charge is 0.507 e. The van der Waals surface area contributed by atoms with Gasteiger partial charge in [0.1, 0.15) is 11.5 Å². The van der Waals surface area contributed by atoms with Crippen molar-refractivity contribution in [3.8, 4) is 5.75 Å². The quantitative estimate of drug-likeness (QED) is 0.336. The number of hydrogen-bond donors (Lipinski definition) is 1. The maximum atomic E-state index is 13.3. The summed E-state index contributed by atoms with van der Waals surface area (Å²) in [4.78, 5) is 32.2. The Morgan fingerprint density at radius 1 is 1.09 bits per heavy atom. The summed E-state index contributed by atoms with van der Waals surface area (Å²) in [5, 5.41) is 11.4. The molecule has 1 aliphatic heterocycles. The lowest BCUT2D eigenvalue weighted by Crippen LogP contribution is -2.30. The number of aromatic nitrogens is 1. The second kappa shape index (κ2) is 8.90. The molecule has 1 aliphatic rings. The average molecular weight is 443 g/mol. The Morgan fingerprint density at radius 2 is 1.85 bits per heavy atom. The van der Waals surface area contributed by atoms with Gasteiger partial charge < -0.3 is 9.84 Å². The van der Waals surface area contributed by atoms with Crippen molar-refractivity contribution in [1.82, 2.24) is 4.98 Å². The first-order valence-electron chi connectivity index (χ1n) is 10.8. The smallest absolute Gasteiger partial charge is 0.300 e. The normalized spacial score (nSPS) is 17.6. The van der Waals surface area contributed by atoms with Crippen molar-refractivity contribution in [2.75, 3.05) is 12.0 Å². The van der Waals surface area contributed by atoms with Gasteiger partial charge in [-0.25, -0.2) is 0 Å². The number of hydrogen-bond acceptors (Lipinski definition) is 5. The van der Waals surface area contributed by atoms with E-state index in [0.29, 0.717) is 22.6 Å². The lowest BCUT2D eigenvalue weighted by Gasteiger charge is -2.26. The summed E-state index contributed by atoms with van der Waals surface area (Å²) in [5.41, 5.74) is 3.49. The van der Waals surface area contributed by atoms with Crippen LogP contribution in [0, 0.1) is 6.92 Å². The summed E-state index contributed by atoms with van der Waals surface area (Å²) in [7, 11) is 1.59. The molecule has 168 valence electrons. The molecule has 6 nitrogen and oxygen atoms in total. The van der Waals surface area contributed by atoms with E-state index in [1.54, 1.807) is 55.9 Å². The number of amides is 1. The summed E-state index contributed by atoms with van der Waals surface area (Å²) < 4.78 is 5.45. The summed E-state index contributed by atoms with van der Waals surface area (Å²) >= 11 is 0. The van der Waals surface area contributed by atoms with Crippen molar-refractivity contribution in [2.45, 2.75) is 32.7 Å². The number of pyridine rings is 1. The molecule has 1 amide bonds. The minimum absolute atomic E-state index is 0.0381. The van der Waals surface area contributed by atoms with Gasteiger partial charge in [-0.3, -0.25) is 19.5 Å². The van der Waals surface area contributed by atoms with Crippen LogP contribution >= 0.6 is 0 Å². The molecule has 1 unspecified atom stereocenters. The Bertz CT molecular complexity index is 1250. The molecule has 0 saturated carbocycles. The van der Waals surface area contributed by atoms with Crippen molar-refractivity contribution < 1.29 is 19.4 Å². The molecular weight excluding hydrogens is 416 g/mol. The standard InChI is InChI=1S/C27H26N2O4/c1-16(2)20-14-18(11-12-22(20)33-4)25(30)23-24(19-9-7-13-28-15-19)29(27(32)26(23)31)21-10-6-5-8-17(21)3/h5-16,24,30H,1-4H3/b25-23-. The Morgan fingerprint density at radius 3 is 2.48 bits per heavy atom. The summed E-state index contributed by atoms with van der Waals surface area (Å²) in [5.74, 6) is -0.798. The number of methoxy groups -OCH3 is 1. The van der Waals surface area contributed by atoms with Crippen LogP contribution in [0.5, 0.6) is 5.75 Å². The predicted octanol–water partition coefficient (Wildman–Crippen LogP) is 5.15. The maximum absolute atomic E-state index is 13.3. The zero-order valence-electron chi connectivity index (χ0n) is 19.1. The highest BCUT2D eigenvalue weighted by atomic mass is 16.5. The number of aryl methyl sites for hydroxylation is 1. The molecule has 1 aromatic heterocycles. The summed E-state index contributed by atoms with van der Waals surface area (Å²) in [6, 6.07) is 15.4. The van der Waals surface area contributed by atoms with Crippen molar-refractivity contribution >= 4 is 23.1 Å². The number of aliphatic hydroxyl groups is 1. The molecular formula is C27H26N2O4. The van der Waals surface area contributed by atoms with E-state index in [9.17, 15) is 14.7 Å². The van der Waals surface area contributed by atoms with Crippen LogP contribution in [-0.4, -0.2) is 28.9 Å². The number of nitrogens with zero attached hydrogens (tertiary/aromatic N) is 2. The Labute approximate surface area is 193 Å². The molecule has 1 atom stereocenters. The van der Waals surface area contributed by atoms with Gasteiger partial charge in [0.25, 0.3) is 11.7 Å². The van der Waals surface area contributed by atoms with E-state index in [1.807, 2.05) is 39.0 Å². The first-order chi connectivity index (χ1) is 15.8. The minimum atomic E-state index is -0.801. The number of carbonyl (C=O) groups excluding carboxylic acids is 2. The van der Waals surface area contributed by atoms with E-state index in [-0.39, 0.29) is 17.3 Å². The molecule has 0 aliphatic carbocycles. The number of Topliss-reactive ketones (excluding diaryl/α,β-unsaturated/α-hetero) is 1. The molecule has 0 bridgehead atoms. The molecule has 2 heterocycles. The van der Waals surface area contributed by atoms with Gasteiger partial charge >= 0.3 is 0 Å². The van der Waals surface area contributed by atoms with Crippen molar-refractivity contribution in [2.24, 2.45) is 0 Å². The third-order valence-corrected chi connectivity index (χ3v) is 5.94. The van der Waals surface area contributed by atoms with Crippen LogP contribution in [0.25, 0.3) is 5.76 Å². The van der Waals surface area contributed by atoms with Crippen LogP contribution in [0.15, 0.2) is 72.6 Å². The SMILES string of the molecule is COc1ccc(/C(O)=C2/C(=O)C(=O)N(c3ccccc3C)C2c2cccnc2)cc1C(C)C. The van der Waals surface area contributed by atoms with Crippen molar-refractivity contribution in [3.05, 3.63) is 94.8 Å². The van der Waals surface area contributed by atoms with Crippen LogP contribution in [0.4, 0.5) is 5.69 Å². The molecule has 2 aromatic carbocycles. The summed E-state index contributed by atoms with van der Waals surface area (Å²) in [6.45, 7) is 5.93. The van der Waals surface area contributed by atoms with Gasteiger partial charge in [0.05, 0.1) is 18.7 Å². The van der Waals surface area contributed by atoms with Gasteiger partial charge in [-0.2, -0.15) is 0 Å². The molecule has 0 spiro atoms. The molecule has 1 saturated heterocycles. The molecule has 4 rings (SSSR count). The van der Waals surface area contributed by atoms with Gasteiger partial charge in [-0.15, -0.1) is 0 Å². The van der Waals surface area contributed by atoms with Gasteiger partial charge in [-0.1, -0.05) is 38.1 Å². The zero-order valence-corrected chi connectivity index (χ0v) is 19.1. The number of rotatable bonds is 5. The minimum Gasteiger partial charge on any atom is -0.507 e. The van der Waals surface area contributed by atoms with Crippen LogP contribution in [0.2, 0.25) is 0 Å². The van der Waals surface area contributed by atoms with Crippen molar-refractivity contribution in [3.63, 3.8) is 0 Å². The fourth-order valence-electron chi connectivity index (χ4n) is 4.26. The third kappa shape index (κ3) is 3.89. The van der Waals surface area contributed by atoms with Crippen LogP contribution in [0.3, 0.4) is 0 Å². The van der Waals surface area contributed by atoms with E-state index in [4.69, 9.17) is 4.74 Å². The molecule has 6 heteroatoms. The van der Waals surface area contributed by atoms with E-state index in [0.717, 1.165) is 11.1 Å². The molecule has 1 N–H and O–H groups in total.